The van der Waals surface area contributed by atoms with E-state index in [1.807, 2.05) is 24.3 Å². The number of nitrogens with zero attached hydrogens (tertiary/aromatic N) is 2. The van der Waals surface area contributed by atoms with Crippen molar-refractivity contribution >= 4 is 44.6 Å². The second kappa shape index (κ2) is 6.21. The van der Waals surface area contributed by atoms with E-state index >= 15 is 0 Å². The van der Waals surface area contributed by atoms with Crippen LogP contribution in [-0.4, -0.2) is 10.1 Å². The van der Waals surface area contributed by atoms with Gasteiger partial charge in [0.25, 0.3) is 0 Å². The molecule has 0 aliphatic carbocycles. The maximum atomic E-state index is 4.64. The van der Waals surface area contributed by atoms with Crippen LogP contribution in [-0.2, 0) is 0 Å². The molecule has 0 aliphatic heterocycles. The van der Waals surface area contributed by atoms with Gasteiger partial charge < -0.3 is 0 Å². The fourth-order valence-electron chi connectivity index (χ4n) is 2.11. The van der Waals surface area contributed by atoms with Crippen LogP contribution in [0.3, 0.4) is 0 Å². The van der Waals surface area contributed by atoms with Crippen molar-refractivity contribution in [1.82, 2.24) is 4.98 Å². The van der Waals surface area contributed by atoms with Crippen molar-refractivity contribution in [2.45, 2.75) is 13.8 Å². The van der Waals surface area contributed by atoms with Crippen LogP contribution in [0.25, 0.3) is 10.2 Å². The third kappa shape index (κ3) is 2.98. The molecule has 0 aliphatic rings. The Hall–Kier alpha value is -2.31. The molecule has 0 amide bonds. The predicted octanol–water partition coefficient (Wildman–Crippen LogP) is 5.05. The maximum Gasteiger partial charge on any atom is 0.168 e. The summed E-state index contributed by atoms with van der Waals surface area (Å²) < 4.78 is 1.22. The molecule has 3 rings (SSSR count). The van der Waals surface area contributed by atoms with E-state index in [-0.39, 0.29) is 0 Å². The van der Waals surface area contributed by atoms with Gasteiger partial charge in [0.15, 0.2) is 5.01 Å². The number of thiazole rings is 1. The van der Waals surface area contributed by atoms with Crippen molar-refractivity contribution in [1.29, 1.82) is 0 Å². The Balaban J connectivity index is 1.95. The number of fused-ring (bicyclic) bond motifs is 1. The Kier molecular flexibility index (Phi) is 4.13. The maximum absolute atomic E-state index is 4.64. The number of isothiocyanates is 1. The minimum Gasteiger partial charge on any atom is -0.227 e. The monoisotopic (exact) mass is 320 g/mol. The van der Waals surface area contributed by atoms with Gasteiger partial charge in [0.2, 0.25) is 0 Å². The van der Waals surface area contributed by atoms with Gasteiger partial charge in [-0.2, -0.15) is 4.99 Å². The third-order valence-electron chi connectivity index (χ3n) is 3.30. The zero-order valence-electron chi connectivity index (χ0n) is 12.2. The summed E-state index contributed by atoms with van der Waals surface area (Å²) in [6, 6.07) is 11.8. The number of hydrogen-bond donors (Lipinski definition) is 0. The van der Waals surface area contributed by atoms with E-state index in [2.05, 4.69) is 65.2 Å². The van der Waals surface area contributed by atoms with Gasteiger partial charge in [0.05, 0.1) is 21.1 Å². The van der Waals surface area contributed by atoms with Crippen molar-refractivity contribution in [3.8, 4) is 11.8 Å². The van der Waals surface area contributed by atoms with Crippen LogP contribution in [0.2, 0.25) is 0 Å². The number of hydrogen-bond acceptors (Lipinski definition) is 4. The molecular weight excluding hydrogens is 308 g/mol. The summed E-state index contributed by atoms with van der Waals surface area (Å²) in [5.74, 6) is 6.29. The normalized spacial score (nSPS) is 9.91. The second-order valence-corrected chi connectivity index (χ2v) is 6.08. The summed E-state index contributed by atoms with van der Waals surface area (Å²) in [5.41, 5.74) is 5.20. The van der Waals surface area contributed by atoms with Crippen LogP contribution >= 0.6 is 23.6 Å². The molecule has 0 spiro atoms. The highest BCUT2D eigenvalue weighted by Gasteiger charge is 2.06. The van der Waals surface area contributed by atoms with Gasteiger partial charge in [0.1, 0.15) is 0 Å². The molecule has 0 bridgehead atoms. The summed E-state index contributed by atoms with van der Waals surface area (Å²) in [4.78, 5) is 8.56. The first-order valence-electron chi connectivity index (χ1n) is 6.74. The van der Waals surface area contributed by atoms with Gasteiger partial charge in [-0.25, -0.2) is 4.98 Å². The predicted molar refractivity (Wildman–Crippen MR) is 96.2 cm³/mol. The van der Waals surface area contributed by atoms with Gasteiger partial charge in [-0.3, -0.25) is 0 Å². The second-order valence-electron chi connectivity index (χ2n) is 4.90. The van der Waals surface area contributed by atoms with Crippen molar-refractivity contribution < 1.29 is 0 Å². The number of benzene rings is 2. The molecule has 1 heterocycles. The topological polar surface area (TPSA) is 25.2 Å². The van der Waals surface area contributed by atoms with Crippen molar-refractivity contribution in [2.24, 2.45) is 4.99 Å². The van der Waals surface area contributed by atoms with Gasteiger partial charge in [0, 0.05) is 5.56 Å². The standard InChI is InChI=1S/C18H12N2S2/c1-12-3-4-13(2)18-17(12)20-16(22-18)10-7-14-5-8-15(9-6-14)19-11-21/h3-6,8-9H,1-2H3. The Morgan fingerprint density at radius 1 is 1.00 bits per heavy atom. The van der Waals surface area contributed by atoms with Crippen LogP contribution in [0.1, 0.15) is 21.7 Å². The zero-order chi connectivity index (χ0) is 15.5. The fraction of sp³-hybridized carbons (Fsp3) is 0.111. The zero-order valence-corrected chi connectivity index (χ0v) is 13.8. The SMILES string of the molecule is Cc1ccc(C)c2sc(C#Cc3ccc(N=C=S)cc3)nc12. The van der Waals surface area contributed by atoms with Gasteiger partial charge in [-0.1, -0.05) is 18.1 Å². The van der Waals surface area contributed by atoms with E-state index in [9.17, 15) is 0 Å². The molecule has 1 aromatic heterocycles. The minimum atomic E-state index is 0.784. The fourth-order valence-corrected chi connectivity index (χ4v) is 3.18. The van der Waals surface area contributed by atoms with Crippen LogP contribution in [0, 0.1) is 25.7 Å². The van der Waals surface area contributed by atoms with Crippen LogP contribution < -0.4 is 0 Å². The van der Waals surface area contributed by atoms with E-state index in [1.54, 1.807) is 11.3 Å². The number of aliphatic imine (C=N–C) groups is 1. The third-order valence-corrected chi connectivity index (χ3v) is 4.50. The summed E-state index contributed by atoms with van der Waals surface area (Å²) in [5, 5.41) is 3.19. The Morgan fingerprint density at radius 2 is 1.73 bits per heavy atom. The van der Waals surface area contributed by atoms with E-state index in [4.69, 9.17) is 0 Å². The molecule has 0 atom stereocenters. The molecule has 22 heavy (non-hydrogen) atoms. The number of aromatic nitrogens is 1. The van der Waals surface area contributed by atoms with Crippen LogP contribution in [0.4, 0.5) is 5.69 Å². The highest BCUT2D eigenvalue weighted by atomic mass is 32.1. The quantitative estimate of drug-likeness (QED) is 0.356. The van der Waals surface area contributed by atoms with Gasteiger partial charge >= 0.3 is 0 Å². The molecule has 4 heteroatoms. The molecule has 106 valence electrons. The molecular formula is C18H12N2S2. The first kappa shape index (κ1) is 14.6. The van der Waals surface area contributed by atoms with Gasteiger partial charge in [-0.15, -0.1) is 11.3 Å². The summed E-state index contributed by atoms with van der Waals surface area (Å²) in [7, 11) is 0. The lowest BCUT2D eigenvalue weighted by Gasteiger charge is -1.96. The highest BCUT2D eigenvalue weighted by Crippen LogP contribution is 2.27. The van der Waals surface area contributed by atoms with Crippen molar-refractivity contribution in [2.75, 3.05) is 0 Å². The highest BCUT2D eigenvalue weighted by molar-refractivity contribution is 7.78. The van der Waals surface area contributed by atoms with E-state index in [0.29, 0.717) is 0 Å². The van der Waals surface area contributed by atoms with Gasteiger partial charge in [-0.05, 0) is 67.4 Å². The lowest BCUT2D eigenvalue weighted by atomic mass is 10.1. The summed E-state index contributed by atoms with van der Waals surface area (Å²) in [6.07, 6.45) is 0. The average molecular weight is 320 g/mol. The minimum absolute atomic E-state index is 0.784. The van der Waals surface area contributed by atoms with Crippen molar-refractivity contribution in [3.05, 3.63) is 58.1 Å². The molecule has 2 nitrogen and oxygen atoms in total. The lowest BCUT2D eigenvalue weighted by Crippen LogP contribution is -1.79. The average Bonchev–Trinajstić information content (AvgIpc) is 2.96. The van der Waals surface area contributed by atoms with E-state index in [1.165, 1.54) is 15.8 Å². The van der Waals surface area contributed by atoms with Crippen LogP contribution in [0.15, 0.2) is 41.4 Å². The number of rotatable bonds is 1. The molecule has 2 aromatic carbocycles. The molecule has 0 radical (unpaired) electrons. The van der Waals surface area contributed by atoms with E-state index in [0.717, 1.165) is 21.8 Å². The number of aryl methyl sites for hydroxylation is 2. The van der Waals surface area contributed by atoms with E-state index < -0.39 is 0 Å². The Labute approximate surface area is 138 Å². The summed E-state index contributed by atoms with van der Waals surface area (Å²) in [6.45, 7) is 4.18. The summed E-state index contributed by atoms with van der Waals surface area (Å²) >= 11 is 6.22. The van der Waals surface area contributed by atoms with Crippen LogP contribution in [0.5, 0.6) is 0 Å². The first-order valence-corrected chi connectivity index (χ1v) is 7.96. The molecule has 0 saturated heterocycles. The molecule has 0 unspecified atom stereocenters. The Bertz CT molecular complexity index is 911. The molecule has 3 aromatic rings. The molecule has 0 saturated carbocycles. The largest absolute Gasteiger partial charge is 0.227 e. The number of thiocarbonyl (C=S) groups is 1. The van der Waals surface area contributed by atoms with Crippen molar-refractivity contribution in [3.63, 3.8) is 0 Å². The smallest absolute Gasteiger partial charge is 0.168 e. The Morgan fingerprint density at radius 3 is 2.41 bits per heavy atom. The molecule has 0 N–H and O–H groups in total. The molecule has 0 fully saturated rings. The first-order chi connectivity index (χ1) is 10.7. The lowest BCUT2D eigenvalue weighted by molar-refractivity contribution is 1.38.